The Morgan fingerprint density at radius 3 is 2.27 bits per heavy atom. The Morgan fingerprint density at radius 2 is 1.68 bits per heavy atom. The number of fused-ring (bicyclic) bond motifs is 1. The lowest BCUT2D eigenvalue weighted by atomic mass is 9.76. The van der Waals surface area contributed by atoms with Crippen LogP contribution in [0.2, 0.25) is 0 Å². The molecular formula is C33H50FN5O5. The second kappa shape index (κ2) is 18.0. The lowest BCUT2D eigenvalue weighted by molar-refractivity contribution is -0.147. The zero-order valence-electron chi connectivity index (χ0n) is 26.4. The first-order valence-electron chi connectivity index (χ1n) is 16.5. The summed E-state index contributed by atoms with van der Waals surface area (Å²) in [6, 6.07) is 0. The molecule has 3 heterocycles. The molecule has 244 valence electrons. The standard InChI is InChI=1S/C33H50FN5O5/c1-4-7-9-11-12-13-14-16-17-19-24(31(42)43)25-21-27(44-33(25,6-3)22-40)39-23-35-28-29(37-32(34)38-30(28)39)36-26(41)20-18-15-10-8-5-2/h3,23-25,27,40H,4-5,7-22H2,1-2H3,(H,42,43)(H,36,37,38,41)/t24?,25-,27+,33?/m0/s1. The Bertz CT molecular complexity index is 1250. The van der Waals surface area contributed by atoms with Crippen LogP contribution in [0.15, 0.2) is 6.33 Å². The number of terminal acetylenes is 1. The Morgan fingerprint density at radius 1 is 1.07 bits per heavy atom. The minimum atomic E-state index is -1.54. The molecule has 0 aromatic carbocycles. The molecule has 1 saturated heterocycles. The predicted molar refractivity (Wildman–Crippen MR) is 167 cm³/mol. The molecule has 0 spiro atoms. The van der Waals surface area contributed by atoms with Crippen LogP contribution in [0.3, 0.4) is 0 Å². The van der Waals surface area contributed by atoms with E-state index in [4.69, 9.17) is 11.2 Å². The lowest BCUT2D eigenvalue weighted by Crippen LogP contribution is -2.43. The number of carboxylic acids is 1. The summed E-state index contributed by atoms with van der Waals surface area (Å²) < 4.78 is 22.2. The smallest absolute Gasteiger partial charge is 0.312 e. The number of nitrogens with zero attached hydrogens (tertiary/aromatic N) is 4. The Labute approximate surface area is 260 Å². The first-order valence-corrected chi connectivity index (χ1v) is 16.5. The maximum Gasteiger partial charge on any atom is 0.312 e. The molecule has 4 atom stereocenters. The minimum absolute atomic E-state index is 0.0431. The number of carbonyl (C=O) groups excluding carboxylic acids is 1. The monoisotopic (exact) mass is 615 g/mol. The zero-order chi connectivity index (χ0) is 32.0. The molecule has 44 heavy (non-hydrogen) atoms. The maximum absolute atomic E-state index is 14.6. The van der Waals surface area contributed by atoms with E-state index in [0.717, 1.165) is 51.4 Å². The summed E-state index contributed by atoms with van der Waals surface area (Å²) in [5.74, 6) is -0.312. The number of aliphatic carboxylic acids is 1. The molecule has 2 unspecified atom stereocenters. The third kappa shape index (κ3) is 9.45. The number of nitrogens with one attached hydrogen (secondary N) is 1. The van der Waals surface area contributed by atoms with Gasteiger partial charge < -0.3 is 20.3 Å². The average molecular weight is 616 g/mol. The van der Waals surface area contributed by atoms with Crippen LogP contribution in [0.1, 0.15) is 129 Å². The van der Waals surface area contributed by atoms with E-state index in [-0.39, 0.29) is 35.7 Å². The number of ether oxygens (including phenoxy) is 1. The normalized spacial score (nSPS) is 20.5. The van der Waals surface area contributed by atoms with Gasteiger partial charge in [-0.15, -0.1) is 6.42 Å². The van der Waals surface area contributed by atoms with Crippen molar-refractivity contribution in [1.29, 1.82) is 0 Å². The first kappa shape index (κ1) is 35.4. The van der Waals surface area contributed by atoms with Gasteiger partial charge in [-0.1, -0.05) is 103 Å². The van der Waals surface area contributed by atoms with E-state index in [0.29, 0.717) is 12.8 Å². The minimum Gasteiger partial charge on any atom is -0.481 e. The lowest BCUT2D eigenvalue weighted by Gasteiger charge is -2.31. The van der Waals surface area contributed by atoms with Crippen molar-refractivity contribution in [1.82, 2.24) is 19.5 Å². The Hall–Kier alpha value is -3.10. The van der Waals surface area contributed by atoms with Crippen LogP contribution < -0.4 is 5.32 Å². The van der Waals surface area contributed by atoms with E-state index >= 15 is 0 Å². The zero-order valence-corrected chi connectivity index (χ0v) is 26.4. The third-order valence-electron chi connectivity index (χ3n) is 8.77. The number of aromatic nitrogens is 4. The van der Waals surface area contributed by atoms with Crippen LogP contribution in [-0.4, -0.2) is 53.8 Å². The summed E-state index contributed by atoms with van der Waals surface area (Å²) in [6.45, 7) is 3.75. The fourth-order valence-electron chi connectivity index (χ4n) is 6.23. The molecule has 1 amide bonds. The maximum atomic E-state index is 14.6. The number of aliphatic hydroxyl groups excluding tert-OH is 1. The second-order valence-electron chi connectivity index (χ2n) is 12.0. The van der Waals surface area contributed by atoms with Crippen molar-refractivity contribution < 1.29 is 28.9 Å². The van der Waals surface area contributed by atoms with E-state index in [1.165, 1.54) is 43.0 Å². The number of carboxylic acid groups (broad SMARTS) is 1. The molecule has 0 saturated carbocycles. The van der Waals surface area contributed by atoms with Gasteiger partial charge in [0.2, 0.25) is 5.91 Å². The van der Waals surface area contributed by atoms with Gasteiger partial charge in [-0.25, -0.2) is 4.98 Å². The molecule has 2 aromatic heterocycles. The third-order valence-corrected chi connectivity index (χ3v) is 8.77. The summed E-state index contributed by atoms with van der Waals surface area (Å²) in [5.41, 5.74) is -1.28. The number of anilines is 1. The number of aliphatic hydroxyl groups is 1. The van der Waals surface area contributed by atoms with Gasteiger partial charge >= 0.3 is 12.0 Å². The van der Waals surface area contributed by atoms with Crippen LogP contribution in [0.4, 0.5) is 10.2 Å². The highest BCUT2D eigenvalue weighted by atomic mass is 19.1. The number of imidazole rings is 1. The summed E-state index contributed by atoms with van der Waals surface area (Å²) in [4.78, 5) is 37.0. The molecular weight excluding hydrogens is 565 g/mol. The highest BCUT2D eigenvalue weighted by Crippen LogP contribution is 2.47. The van der Waals surface area contributed by atoms with Crippen molar-refractivity contribution in [3.8, 4) is 12.3 Å². The van der Waals surface area contributed by atoms with Crippen LogP contribution in [0.25, 0.3) is 11.2 Å². The fourth-order valence-corrected chi connectivity index (χ4v) is 6.23. The number of hydrogen-bond donors (Lipinski definition) is 3. The van der Waals surface area contributed by atoms with Crippen LogP contribution in [0.5, 0.6) is 0 Å². The molecule has 0 aliphatic carbocycles. The second-order valence-corrected chi connectivity index (χ2v) is 12.0. The van der Waals surface area contributed by atoms with Crippen molar-refractivity contribution in [2.75, 3.05) is 11.9 Å². The molecule has 10 nitrogen and oxygen atoms in total. The van der Waals surface area contributed by atoms with E-state index in [1.807, 2.05) is 0 Å². The fraction of sp³-hybridized carbons (Fsp3) is 0.727. The number of amides is 1. The first-order chi connectivity index (χ1) is 21.3. The molecule has 0 bridgehead atoms. The van der Waals surface area contributed by atoms with Gasteiger partial charge in [-0.05, 0) is 12.8 Å². The number of rotatable bonds is 21. The van der Waals surface area contributed by atoms with Crippen molar-refractivity contribution in [2.45, 2.75) is 135 Å². The molecule has 0 radical (unpaired) electrons. The summed E-state index contributed by atoms with van der Waals surface area (Å²) in [7, 11) is 0. The number of carbonyl (C=O) groups is 2. The van der Waals surface area contributed by atoms with E-state index in [2.05, 4.69) is 40.0 Å². The quantitative estimate of drug-likeness (QED) is 0.0793. The van der Waals surface area contributed by atoms with Crippen molar-refractivity contribution in [3.63, 3.8) is 0 Å². The van der Waals surface area contributed by atoms with Crippen LogP contribution in [0, 0.1) is 30.3 Å². The number of unbranched alkanes of at least 4 members (excludes halogenated alkanes) is 12. The number of hydrogen-bond acceptors (Lipinski definition) is 7. The predicted octanol–water partition coefficient (Wildman–Crippen LogP) is 6.79. The van der Waals surface area contributed by atoms with E-state index in [1.54, 1.807) is 0 Å². The topological polar surface area (TPSA) is 139 Å². The molecule has 1 aliphatic rings. The molecule has 3 N–H and O–H groups in total. The molecule has 1 aliphatic heterocycles. The summed E-state index contributed by atoms with van der Waals surface area (Å²) in [6.07, 6.45) is 21.1. The molecule has 2 aromatic rings. The van der Waals surface area contributed by atoms with Crippen molar-refractivity contribution in [2.24, 2.45) is 11.8 Å². The van der Waals surface area contributed by atoms with E-state index < -0.39 is 42.3 Å². The van der Waals surface area contributed by atoms with Gasteiger partial charge in [0.1, 0.15) is 6.23 Å². The molecule has 3 rings (SSSR count). The highest BCUT2D eigenvalue weighted by molar-refractivity contribution is 5.96. The summed E-state index contributed by atoms with van der Waals surface area (Å²) >= 11 is 0. The van der Waals surface area contributed by atoms with E-state index in [9.17, 15) is 24.2 Å². The number of halogens is 1. The Balaban J connectivity index is 1.71. The highest BCUT2D eigenvalue weighted by Gasteiger charge is 2.53. The average Bonchev–Trinajstić information content (AvgIpc) is 3.60. The summed E-state index contributed by atoms with van der Waals surface area (Å²) in [5, 5.41) is 23.2. The van der Waals surface area contributed by atoms with Gasteiger partial charge in [-0.2, -0.15) is 14.4 Å². The van der Waals surface area contributed by atoms with Crippen molar-refractivity contribution >= 4 is 28.9 Å². The van der Waals surface area contributed by atoms with Gasteiger partial charge in [-0.3, -0.25) is 14.2 Å². The molecule has 11 heteroatoms. The molecule has 1 fully saturated rings. The van der Waals surface area contributed by atoms with Gasteiger partial charge in [0.05, 0.1) is 18.9 Å². The Kier molecular flexibility index (Phi) is 14.5. The van der Waals surface area contributed by atoms with Crippen molar-refractivity contribution in [3.05, 3.63) is 12.4 Å². The van der Waals surface area contributed by atoms with Gasteiger partial charge in [0.25, 0.3) is 0 Å². The van der Waals surface area contributed by atoms with Crippen LogP contribution >= 0.6 is 0 Å². The van der Waals surface area contributed by atoms with Gasteiger partial charge in [0.15, 0.2) is 22.6 Å². The van der Waals surface area contributed by atoms with Gasteiger partial charge in [0, 0.05) is 18.8 Å². The SMILES string of the molecule is C#CC1(CO)O[C@@H](n2cnc3c(NC(=O)CCCCCCC)nc(F)nc32)C[C@H]1C(CCCCCCCCCCC)C(=O)O. The van der Waals surface area contributed by atoms with Crippen LogP contribution in [-0.2, 0) is 14.3 Å². The largest absolute Gasteiger partial charge is 0.481 e.